The molecule has 3 rings (SSSR count). The van der Waals surface area contributed by atoms with Gasteiger partial charge in [-0.05, 0) is 60.4 Å². The normalized spacial score (nSPS) is 11.5. The van der Waals surface area contributed by atoms with Crippen LogP contribution in [0.4, 0.5) is 5.69 Å². The molecule has 6 nitrogen and oxygen atoms in total. The number of carbonyl (C=O) groups excluding carboxylic acids is 2. The molecule has 30 heavy (non-hydrogen) atoms. The SMILES string of the molecule is CCC(C)c1ccccc1OCC(=O)Nc1ccc(C(=O)NCc2ccco2)cc1. The van der Waals surface area contributed by atoms with E-state index >= 15 is 0 Å². The Labute approximate surface area is 176 Å². The number of para-hydroxylation sites is 1. The summed E-state index contributed by atoms with van der Waals surface area (Å²) < 4.78 is 10.9. The Hall–Kier alpha value is -3.54. The number of benzene rings is 2. The van der Waals surface area contributed by atoms with Crippen molar-refractivity contribution in [3.63, 3.8) is 0 Å². The maximum absolute atomic E-state index is 12.3. The van der Waals surface area contributed by atoms with Crippen molar-refractivity contribution < 1.29 is 18.7 Å². The Morgan fingerprint density at radius 2 is 1.80 bits per heavy atom. The van der Waals surface area contributed by atoms with E-state index in [0.717, 1.165) is 17.7 Å². The zero-order chi connectivity index (χ0) is 21.3. The number of hydrogen-bond acceptors (Lipinski definition) is 4. The maximum Gasteiger partial charge on any atom is 0.262 e. The largest absolute Gasteiger partial charge is 0.483 e. The highest BCUT2D eigenvalue weighted by Crippen LogP contribution is 2.28. The molecule has 1 unspecified atom stereocenters. The van der Waals surface area contributed by atoms with Gasteiger partial charge in [-0.2, -0.15) is 0 Å². The number of anilines is 1. The minimum atomic E-state index is -0.260. The minimum Gasteiger partial charge on any atom is -0.483 e. The van der Waals surface area contributed by atoms with E-state index in [-0.39, 0.29) is 18.4 Å². The topological polar surface area (TPSA) is 80.6 Å². The molecular weight excluding hydrogens is 380 g/mol. The molecule has 2 amide bonds. The lowest BCUT2D eigenvalue weighted by Crippen LogP contribution is -2.23. The fraction of sp³-hybridized carbons (Fsp3) is 0.250. The highest BCUT2D eigenvalue weighted by molar-refractivity contribution is 5.96. The first kappa shape index (κ1) is 21.2. The van der Waals surface area contributed by atoms with E-state index < -0.39 is 0 Å². The summed E-state index contributed by atoms with van der Waals surface area (Å²) in [5, 5.41) is 5.56. The molecule has 3 aromatic rings. The predicted molar refractivity (Wildman–Crippen MR) is 116 cm³/mol. The number of furan rings is 1. The number of hydrogen-bond donors (Lipinski definition) is 2. The van der Waals surface area contributed by atoms with E-state index in [9.17, 15) is 9.59 Å². The summed E-state index contributed by atoms with van der Waals surface area (Å²) in [7, 11) is 0. The van der Waals surface area contributed by atoms with Crippen molar-refractivity contribution in [3.8, 4) is 5.75 Å². The quantitative estimate of drug-likeness (QED) is 0.538. The molecule has 1 heterocycles. The second-order valence-corrected chi connectivity index (χ2v) is 7.02. The molecule has 0 spiro atoms. The van der Waals surface area contributed by atoms with Crippen LogP contribution in [0.25, 0.3) is 0 Å². The van der Waals surface area contributed by atoms with Gasteiger partial charge in [0.05, 0.1) is 12.8 Å². The summed E-state index contributed by atoms with van der Waals surface area (Å²) in [5.41, 5.74) is 2.19. The Balaban J connectivity index is 1.50. The summed E-state index contributed by atoms with van der Waals surface area (Å²) in [4.78, 5) is 24.4. The minimum absolute atomic E-state index is 0.0845. The first-order valence-corrected chi connectivity index (χ1v) is 9.99. The van der Waals surface area contributed by atoms with Crippen LogP contribution in [-0.4, -0.2) is 18.4 Å². The lowest BCUT2D eigenvalue weighted by molar-refractivity contribution is -0.118. The van der Waals surface area contributed by atoms with E-state index in [1.54, 1.807) is 42.7 Å². The van der Waals surface area contributed by atoms with E-state index in [4.69, 9.17) is 9.15 Å². The Kier molecular flexibility index (Phi) is 7.27. The van der Waals surface area contributed by atoms with Crippen molar-refractivity contribution in [2.75, 3.05) is 11.9 Å². The number of carbonyl (C=O) groups is 2. The number of ether oxygens (including phenoxy) is 1. The van der Waals surface area contributed by atoms with Gasteiger partial charge in [0.15, 0.2) is 6.61 Å². The molecule has 0 fully saturated rings. The first-order chi connectivity index (χ1) is 14.6. The van der Waals surface area contributed by atoms with E-state index in [2.05, 4.69) is 24.5 Å². The van der Waals surface area contributed by atoms with Crippen molar-refractivity contribution >= 4 is 17.5 Å². The van der Waals surface area contributed by atoms with Crippen LogP contribution in [0.15, 0.2) is 71.3 Å². The van der Waals surface area contributed by atoms with Crippen LogP contribution in [0.3, 0.4) is 0 Å². The molecule has 0 aliphatic heterocycles. The highest BCUT2D eigenvalue weighted by Gasteiger charge is 2.12. The van der Waals surface area contributed by atoms with Crippen molar-refractivity contribution in [3.05, 3.63) is 83.8 Å². The van der Waals surface area contributed by atoms with Crippen molar-refractivity contribution in [2.45, 2.75) is 32.7 Å². The lowest BCUT2D eigenvalue weighted by atomic mass is 9.98. The number of rotatable bonds is 9. The van der Waals surface area contributed by atoms with Crippen LogP contribution >= 0.6 is 0 Å². The average molecular weight is 406 g/mol. The van der Waals surface area contributed by atoms with Gasteiger partial charge < -0.3 is 19.8 Å². The van der Waals surface area contributed by atoms with Crippen LogP contribution in [0.5, 0.6) is 5.75 Å². The third kappa shape index (κ3) is 5.73. The van der Waals surface area contributed by atoms with Gasteiger partial charge in [0.2, 0.25) is 0 Å². The van der Waals surface area contributed by atoms with Gasteiger partial charge in [-0.15, -0.1) is 0 Å². The predicted octanol–water partition coefficient (Wildman–Crippen LogP) is 4.74. The molecule has 1 atom stereocenters. The fourth-order valence-electron chi connectivity index (χ4n) is 2.97. The van der Waals surface area contributed by atoms with Crippen LogP contribution in [-0.2, 0) is 11.3 Å². The average Bonchev–Trinajstić information content (AvgIpc) is 3.30. The van der Waals surface area contributed by atoms with Crippen LogP contribution in [0, 0.1) is 0 Å². The summed E-state index contributed by atoms with van der Waals surface area (Å²) in [6.07, 6.45) is 2.56. The molecule has 0 saturated carbocycles. The zero-order valence-corrected chi connectivity index (χ0v) is 17.2. The Bertz CT molecular complexity index is 965. The third-order valence-corrected chi connectivity index (χ3v) is 4.86. The molecule has 0 aliphatic rings. The van der Waals surface area contributed by atoms with Crippen LogP contribution in [0.1, 0.15) is 47.9 Å². The standard InChI is InChI=1S/C24H26N2O4/c1-3-17(2)21-8-4-5-9-22(21)30-16-23(27)26-19-12-10-18(11-13-19)24(28)25-15-20-7-6-14-29-20/h4-14,17H,3,15-16H2,1-2H3,(H,25,28)(H,26,27). The van der Waals surface area contributed by atoms with Crippen molar-refractivity contribution in [2.24, 2.45) is 0 Å². The molecule has 0 radical (unpaired) electrons. The number of amides is 2. The first-order valence-electron chi connectivity index (χ1n) is 9.99. The summed E-state index contributed by atoms with van der Waals surface area (Å²) in [5.74, 6) is 1.29. The zero-order valence-electron chi connectivity index (χ0n) is 17.2. The monoisotopic (exact) mass is 406 g/mol. The molecule has 156 valence electrons. The van der Waals surface area contributed by atoms with Crippen molar-refractivity contribution in [1.29, 1.82) is 0 Å². The highest BCUT2D eigenvalue weighted by atomic mass is 16.5. The van der Waals surface area contributed by atoms with Crippen molar-refractivity contribution in [1.82, 2.24) is 5.32 Å². The molecule has 0 saturated heterocycles. The summed E-state index contributed by atoms with van der Waals surface area (Å²) in [6, 6.07) is 18.0. The van der Waals surface area contributed by atoms with Gasteiger partial charge in [0.25, 0.3) is 11.8 Å². The Morgan fingerprint density at radius 3 is 2.50 bits per heavy atom. The van der Waals surface area contributed by atoms with Gasteiger partial charge in [-0.3, -0.25) is 9.59 Å². The molecule has 0 bridgehead atoms. The molecule has 0 aliphatic carbocycles. The Morgan fingerprint density at radius 1 is 1.03 bits per heavy atom. The van der Waals surface area contributed by atoms with Gasteiger partial charge in [0.1, 0.15) is 11.5 Å². The molecule has 1 aromatic heterocycles. The van der Waals surface area contributed by atoms with E-state index in [1.165, 1.54) is 0 Å². The molecular formula is C24H26N2O4. The van der Waals surface area contributed by atoms with E-state index in [0.29, 0.717) is 29.5 Å². The maximum atomic E-state index is 12.3. The molecule has 2 N–H and O–H groups in total. The van der Waals surface area contributed by atoms with Crippen LogP contribution in [0.2, 0.25) is 0 Å². The van der Waals surface area contributed by atoms with Gasteiger partial charge in [-0.1, -0.05) is 32.0 Å². The summed E-state index contributed by atoms with van der Waals surface area (Å²) >= 11 is 0. The second kappa shape index (κ2) is 10.3. The smallest absolute Gasteiger partial charge is 0.262 e. The molecule has 6 heteroatoms. The molecule has 2 aromatic carbocycles. The lowest BCUT2D eigenvalue weighted by Gasteiger charge is -2.15. The van der Waals surface area contributed by atoms with Gasteiger partial charge in [0, 0.05) is 11.3 Å². The summed E-state index contributed by atoms with van der Waals surface area (Å²) in [6.45, 7) is 4.49. The van der Waals surface area contributed by atoms with Gasteiger partial charge >= 0.3 is 0 Å². The third-order valence-electron chi connectivity index (χ3n) is 4.86. The van der Waals surface area contributed by atoms with E-state index in [1.807, 2.05) is 24.3 Å². The fourth-order valence-corrected chi connectivity index (χ4v) is 2.97. The van der Waals surface area contributed by atoms with Gasteiger partial charge in [-0.25, -0.2) is 0 Å². The number of nitrogens with one attached hydrogen (secondary N) is 2. The van der Waals surface area contributed by atoms with Crippen LogP contribution < -0.4 is 15.4 Å². The second-order valence-electron chi connectivity index (χ2n) is 7.02.